The normalized spacial score (nSPS) is 11.8. The van der Waals surface area contributed by atoms with E-state index in [0.29, 0.717) is 0 Å². The van der Waals surface area contributed by atoms with Crippen LogP contribution in [-0.4, -0.2) is 0 Å². The fourth-order valence-electron chi connectivity index (χ4n) is 6.74. The van der Waals surface area contributed by atoms with Crippen LogP contribution in [-0.2, 0) is 0 Å². The fraction of sp³-hybridized carbons (Fsp3) is 0. The summed E-state index contributed by atoms with van der Waals surface area (Å²) in [5.41, 5.74) is 5.04. The van der Waals surface area contributed by atoms with Gasteiger partial charge in [-0.2, -0.15) is 0 Å². The summed E-state index contributed by atoms with van der Waals surface area (Å²) in [6.45, 7) is 0. The third-order valence-corrected chi connectivity index (χ3v) is 8.63. The summed E-state index contributed by atoms with van der Waals surface area (Å²) < 4.78 is 6.61. The standard InChI is InChI=1S/C40H25NO/c1-3-13-28-27(11-1)22-23-32-30-16-8-19-37(33(30)25-24-31(28)32)41(36-18-7-12-26-10-2-4-14-29(26)36)38-20-9-17-35-34-15-5-6-21-39(34)42-40(35)38/h1-25H. The minimum Gasteiger partial charge on any atom is -0.454 e. The molecule has 0 atom stereocenters. The van der Waals surface area contributed by atoms with Gasteiger partial charge in [0.25, 0.3) is 0 Å². The molecule has 8 aromatic carbocycles. The largest absolute Gasteiger partial charge is 0.454 e. The lowest BCUT2D eigenvalue weighted by Crippen LogP contribution is -2.11. The first-order chi connectivity index (χ1) is 20.8. The zero-order chi connectivity index (χ0) is 27.6. The van der Waals surface area contributed by atoms with Crippen molar-refractivity contribution in [3.05, 3.63) is 152 Å². The molecule has 2 heteroatoms. The summed E-state index contributed by atoms with van der Waals surface area (Å²) in [5.74, 6) is 0. The van der Waals surface area contributed by atoms with Gasteiger partial charge in [-0.1, -0.05) is 127 Å². The number of nitrogens with zero attached hydrogens (tertiary/aromatic N) is 1. The molecule has 0 saturated carbocycles. The van der Waals surface area contributed by atoms with E-state index in [1.807, 2.05) is 6.07 Å². The maximum absolute atomic E-state index is 6.61. The molecule has 0 unspecified atom stereocenters. The van der Waals surface area contributed by atoms with Crippen LogP contribution >= 0.6 is 0 Å². The van der Waals surface area contributed by atoms with Crippen LogP contribution in [0, 0.1) is 0 Å². The predicted molar refractivity (Wildman–Crippen MR) is 178 cm³/mol. The lowest BCUT2D eigenvalue weighted by molar-refractivity contribution is 0.669. The highest BCUT2D eigenvalue weighted by atomic mass is 16.3. The van der Waals surface area contributed by atoms with E-state index in [1.165, 1.54) is 43.1 Å². The summed E-state index contributed by atoms with van der Waals surface area (Å²) in [4.78, 5) is 2.39. The Morgan fingerprint density at radius 2 is 0.810 bits per heavy atom. The molecule has 0 aliphatic heterocycles. The Morgan fingerprint density at radius 1 is 0.310 bits per heavy atom. The molecule has 1 heterocycles. The number of fused-ring (bicyclic) bond motifs is 9. The van der Waals surface area contributed by atoms with E-state index in [4.69, 9.17) is 4.42 Å². The minimum absolute atomic E-state index is 0.885. The Kier molecular flexibility index (Phi) is 4.93. The van der Waals surface area contributed by atoms with Gasteiger partial charge in [0.2, 0.25) is 0 Å². The van der Waals surface area contributed by atoms with E-state index in [-0.39, 0.29) is 0 Å². The van der Waals surface area contributed by atoms with Crippen LogP contribution in [0.15, 0.2) is 156 Å². The van der Waals surface area contributed by atoms with Gasteiger partial charge in [-0.15, -0.1) is 0 Å². The van der Waals surface area contributed by atoms with Crippen molar-refractivity contribution in [2.75, 3.05) is 4.90 Å². The van der Waals surface area contributed by atoms with Gasteiger partial charge in [-0.05, 0) is 56.6 Å². The number of para-hydroxylation sites is 2. The Morgan fingerprint density at radius 3 is 1.67 bits per heavy atom. The number of benzene rings is 8. The van der Waals surface area contributed by atoms with Crippen molar-refractivity contribution in [3.63, 3.8) is 0 Å². The van der Waals surface area contributed by atoms with Crippen molar-refractivity contribution in [1.29, 1.82) is 0 Å². The predicted octanol–water partition coefficient (Wildman–Crippen LogP) is 11.7. The maximum Gasteiger partial charge on any atom is 0.159 e. The van der Waals surface area contributed by atoms with E-state index in [0.717, 1.165) is 39.0 Å². The van der Waals surface area contributed by atoms with Crippen molar-refractivity contribution in [3.8, 4) is 0 Å². The van der Waals surface area contributed by atoms with Crippen LogP contribution in [0.3, 0.4) is 0 Å². The zero-order valence-corrected chi connectivity index (χ0v) is 22.8. The van der Waals surface area contributed by atoms with Crippen molar-refractivity contribution in [2.24, 2.45) is 0 Å². The molecular formula is C40H25NO. The van der Waals surface area contributed by atoms with Gasteiger partial charge in [0.05, 0.1) is 17.1 Å². The van der Waals surface area contributed by atoms with Crippen LogP contribution in [0.4, 0.5) is 17.1 Å². The molecule has 9 rings (SSSR count). The molecule has 0 spiro atoms. The zero-order valence-electron chi connectivity index (χ0n) is 22.8. The molecule has 0 bridgehead atoms. The number of anilines is 3. The highest BCUT2D eigenvalue weighted by Crippen LogP contribution is 2.47. The van der Waals surface area contributed by atoms with Gasteiger partial charge in [0.15, 0.2) is 5.58 Å². The highest BCUT2D eigenvalue weighted by Gasteiger charge is 2.22. The molecule has 0 aliphatic carbocycles. The summed E-state index contributed by atoms with van der Waals surface area (Å²) in [6, 6.07) is 54.3. The molecule has 0 N–H and O–H groups in total. The monoisotopic (exact) mass is 535 g/mol. The van der Waals surface area contributed by atoms with Crippen LogP contribution in [0.2, 0.25) is 0 Å². The Hall–Kier alpha value is -5.60. The topological polar surface area (TPSA) is 16.4 Å². The second kappa shape index (κ2) is 8.95. The van der Waals surface area contributed by atoms with Crippen LogP contribution in [0.1, 0.15) is 0 Å². The molecule has 0 saturated heterocycles. The maximum atomic E-state index is 6.61. The summed E-state index contributed by atoms with van der Waals surface area (Å²) in [5, 5.41) is 12.1. The lowest BCUT2D eigenvalue weighted by atomic mass is 9.95. The third kappa shape index (κ3) is 3.33. The third-order valence-electron chi connectivity index (χ3n) is 8.63. The van der Waals surface area contributed by atoms with Crippen LogP contribution < -0.4 is 4.90 Å². The first-order valence-corrected chi connectivity index (χ1v) is 14.4. The Balaban J connectivity index is 1.40. The van der Waals surface area contributed by atoms with Gasteiger partial charge in [-0.25, -0.2) is 0 Å². The van der Waals surface area contributed by atoms with Gasteiger partial charge in [0.1, 0.15) is 5.58 Å². The highest BCUT2D eigenvalue weighted by molar-refractivity contribution is 6.21. The van der Waals surface area contributed by atoms with Crippen molar-refractivity contribution in [1.82, 2.24) is 0 Å². The number of rotatable bonds is 3. The summed E-state index contributed by atoms with van der Waals surface area (Å²) >= 11 is 0. The van der Waals surface area contributed by atoms with Gasteiger partial charge >= 0.3 is 0 Å². The van der Waals surface area contributed by atoms with Gasteiger partial charge in [0, 0.05) is 21.5 Å². The summed E-state index contributed by atoms with van der Waals surface area (Å²) in [7, 11) is 0. The van der Waals surface area contributed by atoms with E-state index in [2.05, 4.69) is 150 Å². The molecule has 2 nitrogen and oxygen atoms in total. The molecule has 0 fully saturated rings. The molecule has 1 aromatic heterocycles. The second-order valence-electron chi connectivity index (χ2n) is 10.9. The SMILES string of the molecule is c1ccc2c(N(c3cccc4c3ccc3c5ccccc5ccc43)c3cccc4c3oc3ccccc34)cccc2c1. The fourth-order valence-corrected chi connectivity index (χ4v) is 6.74. The van der Waals surface area contributed by atoms with E-state index >= 15 is 0 Å². The lowest BCUT2D eigenvalue weighted by Gasteiger charge is -2.28. The van der Waals surface area contributed by atoms with Crippen LogP contribution in [0.25, 0.3) is 65.0 Å². The molecule has 0 amide bonds. The molecular weight excluding hydrogens is 510 g/mol. The Labute approximate surface area is 242 Å². The molecule has 0 radical (unpaired) electrons. The quantitative estimate of drug-likeness (QED) is 0.209. The molecule has 0 aliphatic rings. The van der Waals surface area contributed by atoms with Gasteiger partial charge < -0.3 is 9.32 Å². The van der Waals surface area contributed by atoms with E-state index in [9.17, 15) is 0 Å². The smallest absolute Gasteiger partial charge is 0.159 e. The minimum atomic E-state index is 0.885. The van der Waals surface area contributed by atoms with Crippen molar-refractivity contribution >= 4 is 82.1 Å². The second-order valence-corrected chi connectivity index (χ2v) is 10.9. The molecule has 196 valence electrons. The van der Waals surface area contributed by atoms with E-state index in [1.54, 1.807) is 0 Å². The first kappa shape index (κ1) is 23.1. The number of furan rings is 1. The van der Waals surface area contributed by atoms with Gasteiger partial charge in [-0.3, -0.25) is 0 Å². The van der Waals surface area contributed by atoms with Crippen molar-refractivity contribution in [2.45, 2.75) is 0 Å². The number of hydrogen-bond acceptors (Lipinski definition) is 2. The molecule has 9 aromatic rings. The van der Waals surface area contributed by atoms with Crippen LogP contribution in [0.5, 0.6) is 0 Å². The van der Waals surface area contributed by atoms with E-state index < -0.39 is 0 Å². The Bertz CT molecular complexity index is 2480. The first-order valence-electron chi connectivity index (χ1n) is 14.4. The number of hydrogen-bond donors (Lipinski definition) is 0. The average Bonchev–Trinajstić information content (AvgIpc) is 3.44. The average molecular weight is 536 g/mol. The van der Waals surface area contributed by atoms with Crippen molar-refractivity contribution < 1.29 is 4.42 Å². The molecule has 42 heavy (non-hydrogen) atoms. The summed E-state index contributed by atoms with van der Waals surface area (Å²) in [6.07, 6.45) is 0.